The minimum Gasteiger partial charge on any atom is -0.444 e. The summed E-state index contributed by atoms with van der Waals surface area (Å²) in [5.74, 6) is -0.981. The highest BCUT2D eigenvalue weighted by atomic mass is 16.6. The van der Waals surface area contributed by atoms with Gasteiger partial charge < -0.3 is 31.5 Å². The number of hydrogen-bond donors (Lipinski definition) is 5. The molecule has 0 saturated heterocycles. The maximum absolute atomic E-state index is 13.1. The van der Waals surface area contributed by atoms with Crippen LogP contribution in [-0.4, -0.2) is 53.5 Å². The summed E-state index contributed by atoms with van der Waals surface area (Å²) in [6.45, 7) is 8.85. The molecule has 0 spiro atoms. The first-order valence-corrected chi connectivity index (χ1v) is 10.4. The molecule has 0 aliphatic heterocycles. The standard InChI is InChI=1S/C22H36N4O5/c1-14(2)11-16(20(29)26-18(27)13-23)24-19(28)17(12-15-9-7-6-8-10-15)25-21(30)31-22(3,4)5/h6-10,14,16-18,27H,11-13,23H2,1-5H3,(H,24,28)(H,25,30)(H,26,29)/t16-,17+,18?/m0/s1. The zero-order valence-electron chi connectivity index (χ0n) is 19.0. The second-order valence-electron chi connectivity index (χ2n) is 8.84. The van der Waals surface area contributed by atoms with Crippen molar-refractivity contribution < 1.29 is 24.2 Å². The van der Waals surface area contributed by atoms with Gasteiger partial charge >= 0.3 is 6.09 Å². The van der Waals surface area contributed by atoms with Gasteiger partial charge in [-0.3, -0.25) is 9.59 Å². The van der Waals surface area contributed by atoms with Crippen molar-refractivity contribution in [3.63, 3.8) is 0 Å². The van der Waals surface area contributed by atoms with Crippen LogP contribution in [0.25, 0.3) is 0 Å². The highest BCUT2D eigenvalue weighted by Crippen LogP contribution is 2.10. The van der Waals surface area contributed by atoms with Crippen molar-refractivity contribution >= 4 is 17.9 Å². The van der Waals surface area contributed by atoms with Crippen LogP contribution in [0.1, 0.15) is 46.6 Å². The average Bonchev–Trinajstić information content (AvgIpc) is 2.65. The van der Waals surface area contributed by atoms with E-state index >= 15 is 0 Å². The number of rotatable bonds is 10. The van der Waals surface area contributed by atoms with Gasteiger partial charge in [0.15, 0.2) is 0 Å². The van der Waals surface area contributed by atoms with Crippen LogP contribution in [0.3, 0.4) is 0 Å². The van der Waals surface area contributed by atoms with Crippen LogP contribution in [0.2, 0.25) is 0 Å². The van der Waals surface area contributed by atoms with Crippen molar-refractivity contribution in [1.29, 1.82) is 0 Å². The highest BCUT2D eigenvalue weighted by molar-refractivity contribution is 5.91. The van der Waals surface area contributed by atoms with Crippen LogP contribution in [-0.2, 0) is 20.7 Å². The van der Waals surface area contributed by atoms with Gasteiger partial charge in [0.25, 0.3) is 0 Å². The van der Waals surface area contributed by atoms with Gasteiger partial charge in [0.1, 0.15) is 23.9 Å². The van der Waals surface area contributed by atoms with Crippen molar-refractivity contribution in [2.45, 2.75) is 71.4 Å². The molecule has 174 valence electrons. The van der Waals surface area contributed by atoms with Crippen LogP contribution < -0.4 is 21.7 Å². The summed E-state index contributed by atoms with van der Waals surface area (Å²) >= 11 is 0. The Bertz CT molecular complexity index is 718. The van der Waals surface area contributed by atoms with E-state index in [-0.39, 0.29) is 18.9 Å². The Morgan fingerprint density at radius 2 is 1.58 bits per heavy atom. The molecule has 9 nitrogen and oxygen atoms in total. The lowest BCUT2D eigenvalue weighted by molar-refractivity contribution is -0.132. The fraction of sp³-hybridized carbons (Fsp3) is 0.591. The fourth-order valence-electron chi connectivity index (χ4n) is 2.81. The second kappa shape index (κ2) is 12.3. The van der Waals surface area contributed by atoms with Gasteiger partial charge in [-0.15, -0.1) is 0 Å². The van der Waals surface area contributed by atoms with E-state index < -0.39 is 41.8 Å². The van der Waals surface area contributed by atoms with Crippen LogP contribution in [0.4, 0.5) is 4.79 Å². The van der Waals surface area contributed by atoms with Crippen molar-refractivity contribution in [2.24, 2.45) is 11.7 Å². The number of hydrogen-bond acceptors (Lipinski definition) is 6. The third-order valence-electron chi connectivity index (χ3n) is 4.16. The number of alkyl carbamates (subject to hydrolysis) is 1. The molecule has 6 N–H and O–H groups in total. The Morgan fingerprint density at radius 1 is 1.00 bits per heavy atom. The Hall–Kier alpha value is -2.65. The molecular formula is C22H36N4O5. The Labute approximate surface area is 184 Å². The highest BCUT2D eigenvalue weighted by Gasteiger charge is 2.29. The quantitative estimate of drug-likeness (QED) is 0.347. The van der Waals surface area contributed by atoms with E-state index in [0.717, 1.165) is 5.56 Å². The maximum Gasteiger partial charge on any atom is 0.408 e. The van der Waals surface area contributed by atoms with Crippen LogP contribution in [0, 0.1) is 5.92 Å². The first kappa shape index (κ1) is 26.4. The number of aliphatic hydroxyl groups excluding tert-OH is 1. The molecule has 0 radical (unpaired) electrons. The fourth-order valence-corrected chi connectivity index (χ4v) is 2.81. The molecular weight excluding hydrogens is 400 g/mol. The SMILES string of the molecule is CC(C)C[C@H](NC(=O)[C@@H](Cc1ccccc1)NC(=O)OC(C)(C)C)C(=O)NC(O)CN. The molecule has 1 rings (SSSR count). The predicted octanol–water partition coefficient (Wildman–Crippen LogP) is 1.05. The molecule has 1 aromatic rings. The normalized spacial score (nSPS) is 14.3. The molecule has 0 saturated carbocycles. The molecule has 1 unspecified atom stereocenters. The lowest BCUT2D eigenvalue weighted by Crippen LogP contribution is -2.56. The molecule has 31 heavy (non-hydrogen) atoms. The summed E-state index contributed by atoms with van der Waals surface area (Å²) < 4.78 is 5.28. The van der Waals surface area contributed by atoms with Crippen molar-refractivity contribution in [3.8, 4) is 0 Å². The van der Waals surface area contributed by atoms with E-state index in [9.17, 15) is 19.5 Å². The topological polar surface area (TPSA) is 143 Å². The lowest BCUT2D eigenvalue weighted by atomic mass is 10.0. The zero-order chi connectivity index (χ0) is 23.6. The molecule has 1 aromatic carbocycles. The number of ether oxygens (including phenoxy) is 1. The van der Waals surface area contributed by atoms with Crippen molar-refractivity contribution in [2.75, 3.05) is 6.54 Å². The van der Waals surface area contributed by atoms with Crippen LogP contribution in [0.15, 0.2) is 30.3 Å². The van der Waals surface area contributed by atoms with Gasteiger partial charge in [-0.1, -0.05) is 44.2 Å². The Morgan fingerprint density at radius 3 is 2.10 bits per heavy atom. The molecule has 0 aliphatic rings. The van der Waals surface area contributed by atoms with Crippen LogP contribution in [0.5, 0.6) is 0 Å². The van der Waals surface area contributed by atoms with E-state index in [2.05, 4.69) is 16.0 Å². The van der Waals surface area contributed by atoms with Crippen LogP contribution >= 0.6 is 0 Å². The number of carbonyl (C=O) groups is 3. The van der Waals surface area contributed by atoms with Crippen molar-refractivity contribution in [3.05, 3.63) is 35.9 Å². The van der Waals surface area contributed by atoms with Gasteiger partial charge in [0.2, 0.25) is 11.8 Å². The number of amides is 3. The van der Waals surface area contributed by atoms with Gasteiger partial charge in [-0.2, -0.15) is 0 Å². The first-order valence-electron chi connectivity index (χ1n) is 10.4. The molecule has 9 heteroatoms. The third kappa shape index (κ3) is 10.8. The molecule has 0 bridgehead atoms. The largest absolute Gasteiger partial charge is 0.444 e. The summed E-state index contributed by atoms with van der Waals surface area (Å²) in [7, 11) is 0. The van der Waals surface area contributed by atoms with Gasteiger partial charge in [0.05, 0.1) is 0 Å². The minimum atomic E-state index is -1.21. The Kier molecular flexibility index (Phi) is 10.4. The Balaban J connectivity index is 3.00. The number of aliphatic hydroxyl groups is 1. The summed E-state index contributed by atoms with van der Waals surface area (Å²) in [5.41, 5.74) is 5.46. The number of nitrogens with two attached hydrogens (primary N) is 1. The number of carbonyl (C=O) groups excluding carboxylic acids is 3. The van der Waals surface area contributed by atoms with E-state index in [0.29, 0.717) is 6.42 Å². The summed E-state index contributed by atoms with van der Waals surface area (Å²) in [6.07, 6.45) is -1.38. The molecule has 3 atom stereocenters. The van der Waals surface area contributed by atoms with E-state index in [1.54, 1.807) is 20.8 Å². The molecule has 0 aliphatic carbocycles. The smallest absolute Gasteiger partial charge is 0.408 e. The van der Waals surface area contributed by atoms with Gasteiger partial charge in [-0.25, -0.2) is 4.79 Å². The van der Waals surface area contributed by atoms with Gasteiger partial charge in [-0.05, 0) is 38.7 Å². The molecule has 0 fully saturated rings. The average molecular weight is 437 g/mol. The third-order valence-corrected chi connectivity index (χ3v) is 4.16. The first-order chi connectivity index (χ1) is 14.4. The summed E-state index contributed by atoms with van der Waals surface area (Å²) in [4.78, 5) is 37.9. The predicted molar refractivity (Wildman–Crippen MR) is 118 cm³/mol. The summed E-state index contributed by atoms with van der Waals surface area (Å²) in [6, 6.07) is 7.35. The van der Waals surface area contributed by atoms with E-state index in [1.165, 1.54) is 0 Å². The van der Waals surface area contributed by atoms with Gasteiger partial charge in [0, 0.05) is 13.0 Å². The number of benzene rings is 1. The lowest BCUT2D eigenvalue weighted by Gasteiger charge is -2.26. The molecule has 0 aromatic heterocycles. The molecule has 3 amide bonds. The van der Waals surface area contributed by atoms with E-state index in [1.807, 2.05) is 44.2 Å². The second-order valence-corrected chi connectivity index (χ2v) is 8.84. The minimum absolute atomic E-state index is 0.0949. The summed E-state index contributed by atoms with van der Waals surface area (Å²) in [5, 5.41) is 17.3. The molecule has 0 heterocycles. The number of nitrogens with one attached hydrogen (secondary N) is 3. The van der Waals surface area contributed by atoms with Crippen molar-refractivity contribution in [1.82, 2.24) is 16.0 Å². The van der Waals surface area contributed by atoms with E-state index in [4.69, 9.17) is 10.5 Å². The zero-order valence-corrected chi connectivity index (χ0v) is 19.0. The maximum atomic E-state index is 13.1. The monoisotopic (exact) mass is 436 g/mol.